The number of ketones is 1. The van der Waals surface area contributed by atoms with Gasteiger partial charge in [0.25, 0.3) is 0 Å². The van der Waals surface area contributed by atoms with Crippen LogP contribution in [0.4, 0.5) is 4.79 Å². The Morgan fingerprint density at radius 1 is 0.962 bits per heavy atom. The number of allylic oxidation sites excluding steroid dienone is 2. The predicted molar refractivity (Wildman–Crippen MR) is 215 cm³/mol. The molecule has 3 N–H and O–H groups in total. The fourth-order valence-electron chi connectivity index (χ4n) is 5.30. The molecule has 1 aromatic rings. The van der Waals surface area contributed by atoms with Gasteiger partial charge < -0.3 is 30.2 Å². The van der Waals surface area contributed by atoms with Crippen LogP contribution in [0.15, 0.2) is 42.5 Å². The number of carbonyl (C=O) groups excluding carboxylic acids is 5. The maximum atomic E-state index is 12.0. The molecule has 2 fully saturated rings. The number of nitrogens with zero attached hydrogens (tertiary/aromatic N) is 1. The molecule has 1 aliphatic carbocycles. The van der Waals surface area contributed by atoms with Gasteiger partial charge in [0, 0.05) is 44.5 Å². The van der Waals surface area contributed by atoms with E-state index >= 15 is 0 Å². The van der Waals surface area contributed by atoms with E-state index in [2.05, 4.69) is 54.4 Å². The molecular weight excluding hydrogens is 670 g/mol. The lowest BCUT2D eigenvalue weighted by atomic mass is 9.97. The second kappa shape index (κ2) is 33.8. The molecule has 0 radical (unpaired) electrons. The van der Waals surface area contributed by atoms with E-state index < -0.39 is 11.7 Å². The van der Waals surface area contributed by atoms with Gasteiger partial charge in [0.2, 0.25) is 12.3 Å². The van der Waals surface area contributed by atoms with Crippen molar-refractivity contribution in [3.63, 3.8) is 0 Å². The lowest BCUT2D eigenvalue weighted by Gasteiger charge is -2.19. The number of Topliss-reactive ketones (excluding diaryl/α,β-unsaturated/α-hetero) is 1. The summed E-state index contributed by atoms with van der Waals surface area (Å²) in [7, 11) is 0. The molecule has 10 nitrogen and oxygen atoms in total. The van der Waals surface area contributed by atoms with Crippen LogP contribution in [0.2, 0.25) is 0 Å². The Morgan fingerprint density at radius 3 is 2.11 bits per heavy atom. The summed E-state index contributed by atoms with van der Waals surface area (Å²) in [5, 5.41) is 12.6. The van der Waals surface area contributed by atoms with Crippen molar-refractivity contribution in [3.05, 3.63) is 48.0 Å². The minimum absolute atomic E-state index is 0.0182. The fraction of sp³-hybridized carbons (Fsp3) is 0.651. The molecule has 300 valence electrons. The Kier molecular flexibility index (Phi) is 32.6. The second-order valence-electron chi connectivity index (χ2n) is 14.1. The molecule has 0 bridgehead atoms. The van der Waals surface area contributed by atoms with Gasteiger partial charge in [0.05, 0.1) is 6.54 Å². The molecule has 1 aliphatic heterocycles. The number of carbonyl (C=O) groups is 5. The van der Waals surface area contributed by atoms with Crippen molar-refractivity contribution in [2.75, 3.05) is 26.2 Å². The zero-order valence-corrected chi connectivity index (χ0v) is 33.7. The highest BCUT2D eigenvalue weighted by Crippen LogP contribution is 2.41. The highest BCUT2D eigenvalue weighted by Gasteiger charge is 2.43. The summed E-state index contributed by atoms with van der Waals surface area (Å²) in [5.74, 6) is 1.32. The number of aldehydes is 1. The lowest BCUT2D eigenvalue weighted by Crippen LogP contribution is -2.35. The first-order chi connectivity index (χ1) is 25.5. The maximum absolute atomic E-state index is 12.0. The van der Waals surface area contributed by atoms with E-state index in [0.717, 1.165) is 57.0 Å². The van der Waals surface area contributed by atoms with Gasteiger partial charge in [-0.15, -0.1) is 12.8 Å². The summed E-state index contributed by atoms with van der Waals surface area (Å²) in [5.41, 5.74) is 0.554. The van der Waals surface area contributed by atoms with Crippen molar-refractivity contribution in [1.29, 1.82) is 0 Å². The van der Waals surface area contributed by atoms with Gasteiger partial charge in [0.15, 0.2) is 5.78 Å². The third-order valence-corrected chi connectivity index (χ3v) is 8.14. The van der Waals surface area contributed by atoms with Crippen molar-refractivity contribution in [2.45, 2.75) is 137 Å². The number of hydrogen-bond acceptors (Lipinski definition) is 7. The first-order valence-electron chi connectivity index (χ1n) is 19.5. The summed E-state index contributed by atoms with van der Waals surface area (Å²) in [6, 6.07) is 9.78. The molecule has 1 heterocycles. The van der Waals surface area contributed by atoms with Crippen LogP contribution in [0.25, 0.3) is 0 Å². The van der Waals surface area contributed by atoms with Gasteiger partial charge >= 0.3 is 6.09 Å². The van der Waals surface area contributed by atoms with Crippen LogP contribution < -0.4 is 10.6 Å². The average molecular weight is 742 g/mol. The Labute approximate surface area is 321 Å². The van der Waals surface area contributed by atoms with E-state index in [9.17, 15) is 24.0 Å². The Hall–Kier alpha value is -3.97. The third-order valence-electron chi connectivity index (χ3n) is 8.14. The number of aliphatic hydroxyl groups excluding tert-OH is 1. The summed E-state index contributed by atoms with van der Waals surface area (Å²) in [6.45, 7) is 14.2. The number of alkyl carbamates (subject to hydrolysis) is 1. The molecule has 1 aromatic carbocycles. The number of ether oxygens (including phenoxy) is 1. The number of nitrogens with one attached hydrogen (secondary N) is 2. The smallest absolute Gasteiger partial charge is 0.408 e. The normalized spacial score (nSPS) is 16.0. The maximum Gasteiger partial charge on any atom is 0.408 e. The summed E-state index contributed by atoms with van der Waals surface area (Å²) >= 11 is 0. The second-order valence-corrected chi connectivity index (χ2v) is 14.1. The number of benzene rings is 1. The Morgan fingerprint density at radius 2 is 1.57 bits per heavy atom. The Bertz CT molecular complexity index is 1140. The van der Waals surface area contributed by atoms with Crippen molar-refractivity contribution in [3.8, 4) is 12.8 Å². The van der Waals surface area contributed by atoms with Crippen LogP contribution >= 0.6 is 0 Å². The summed E-state index contributed by atoms with van der Waals surface area (Å²) in [6.07, 6.45) is 27.1. The summed E-state index contributed by atoms with van der Waals surface area (Å²) in [4.78, 5) is 57.9. The van der Waals surface area contributed by atoms with Gasteiger partial charge in [-0.1, -0.05) is 82.0 Å². The van der Waals surface area contributed by atoms with Crippen LogP contribution in [0.3, 0.4) is 0 Å². The number of likely N-dealkylation sites (tertiary alicyclic amines) is 1. The largest absolute Gasteiger partial charge is 0.444 e. The van der Waals surface area contributed by atoms with Crippen LogP contribution in [-0.4, -0.2) is 72.3 Å². The third kappa shape index (κ3) is 30.2. The Balaban J connectivity index is 0. The van der Waals surface area contributed by atoms with Crippen LogP contribution in [0.1, 0.15) is 131 Å². The quantitative estimate of drug-likeness (QED) is 0.0568. The first-order valence-corrected chi connectivity index (χ1v) is 19.5. The van der Waals surface area contributed by atoms with E-state index in [4.69, 9.17) is 9.84 Å². The number of rotatable bonds is 19. The molecule has 0 aromatic heterocycles. The van der Waals surface area contributed by atoms with E-state index in [0.29, 0.717) is 43.5 Å². The van der Waals surface area contributed by atoms with Gasteiger partial charge in [0.1, 0.15) is 11.9 Å². The molecule has 1 saturated carbocycles. The zero-order valence-electron chi connectivity index (χ0n) is 33.7. The predicted octanol–water partition coefficient (Wildman–Crippen LogP) is 7.82. The topological polar surface area (TPSA) is 142 Å². The highest BCUT2D eigenvalue weighted by molar-refractivity contribution is 5.84. The van der Waals surface area contributed by atoms with Gasteiger partial charge in [-0.05, 0) is 90.5 Å². The van der Waals surface area contributed by atoms with Gasteiger partial charge in [-0.25, -0.2) is 4.79 Å². The van der Waals surface area contributed by atoms with Crippen molar-refractivity contribution in [1.82, 2.24) is 15.5 Å². The van der Waals surface area contributed by atoms with E-state index in [1.54, 1.807) is 27.7 Å². The molecular formula is C43H71N3O7. The minimum Gasteiger partial charge on any atom is -0.444 e. The molecule has 3 atom stereocenters. The SMILES string of the molecule is C#C.CCCCC/C=C\[C@@H]1C[C@@H]1C(=O)N1CCCC1.CCCC[C@@H](C=O)CCCC(=O)CNC(=O)OC(C)(C)C.CCO.O=CNCc1ccccc1. The minimum atomic E-state index is -0.579. The highest BCUT2D eigenvalue weighted by atomic mass is 16.6. The fourth-order valence-corrected chi connectivity index (χ4v) is 5.30. The zero-order chi connectivity index (χ0) is 40.3. The molecule has 3 rings (SSSR count). The standard InChI is InChI=1S/C16H29NO4.C15H25NO.C8H9NO.C2H6O.C2H2/c1-5-6-8-13(12-18)9-7-10-14(19)11-17-15(20)21-16(2,3)4;1-2-3-4-5-6-9-13-12-14(13)15(17)16-10-7-8-11-16;10-7-9-6-8-4-2-1-3-5-8;1-2-3;1-2/h12-13H,5-11H2,1-4H3,(H,17,20);6,9,13-14H,2-5,7-8,10-12H2,1H3;1-5,7H,6H2,(H,9,10);3H,2H2,1H3;1-2H/b;9-6-;;;/t13-;13-,14+;;;/m11.../s1. The number of terminal acetylenes is 1. The van der Waals surface area contributed by atoms with Crippen LogP contribution in [0.5, 0.6) is 0 Å². The van der Waals surface area contributed by atoms with Gasteiger partial charge in [-0.2, -0.15) is 0 Å². The molecule has 3 amide bonds. The van der Waals surface area contributed by atoms with E-state index in [-0.39, 0.29) is 24.9 Å². The number of unbranched alkanes of at least 4 members (excludes halogenated alkanes) is 4. The van der Waals surface area contributed by atoms with Crippen molar-refractivity contribution in [2.24, 2.45) is 17.8 Å². The number of aliphatic hydroxyl groups is 1. The number of amides is 3. The molecule has 2 aliphatic rings. The number of hydrogen-bond donors (Lipinski definition) is 3. The monoisotopic (exact) mass is 742 g/mol. The van der Waals surface area contributed by atoms with Crippen molar-refractivity contribution < 1.29 is 33.8 Å². The molecule has 53 heavy (non-hydrogen) atoms. The van der Waals surface area contributed by atoms with E-state index in [1.165, 1.54) is 38.5 Å². The summed E-state index contributed by atoms with van der Waals surface area (Å²) < 4.78 is 5.04. The molecule has 0 spiro atoms. The van der Waals surface area contributed by atoms with Crippen molar-refractivity contribution >= 4 is 30.5 Å². The van der Waals surface area contributed by atoms with E-state index in [1.807, 2.05) is 30.3 Å². The van der Waals surface area contributed by atoms with Gasteiger partial charge in [-0.3, -0.25) is 14.4 Å². The first kappa shape index (κ1) is 51.1. The lowest BCUT2D eigenvalue weighted by molar-refractivity contribution is -0.131. The molecule has 1 saturated heterocycles. The average Bonchev–Trinajstić information content (AvgIpc) is 3.70. The molecule has 0 unspecified atom stereocenters. The molecule has 10 heteroatoms. The van der Waals surface area contributed by atoms with Crippen LogP contribution in [0, 0.1) is 30.6 Å². The van der Waals surface area contributed by atoms with Crippen LogP contribution in [-0.2, 0) is 30.5 Å².